The Kier molecular flexibility index (Phi) is 3.69. The molecule has 2 heterocycles. The van der Waals surface area contributed by atoms with Crippen molar-refractivity contribution < 1.29 is 22.7 Å². The van der Waals surface area contributed by atoms with Crippen molar-refractivity contribution in [2.45, 2.75) is 24.9 Å². The Morgan fingerprint density at radius 1 is 1.26 bits per heavy atom. The first-order valence-corrected chi connectivity index (χ1v) is 6.85. The number of ether oxygens (including phenoxy) is 1. The van der Waals surface area contributed by atoms with Gasteiger partial charge in [0, 0.05) is 23.7 Å². The summed E-state index contributed by atoms with van der Waals surface area (Å²) < 4.78 is 40.2. The van der Waals surface area contributed by atoms with Crippen LogP contribution in [0.3, 0.4) is 0 Å². The molecular weight excluding hydrogens is 315 g/mol. The van der Waals surface area contributed by atoms with Crippen LogP contribution in [-0.2, 0) is 0 Å². The second-order valence-electron chi connectivity index (χ2n) is 5.34. The Balaban J connectivity index is 1.70. The molecule has 0 radical (unpaired) electrons. The molecule has 2 fully saturated rings. The van der Waals surface area contributed by atoms with E-state index in [9.17, 15) is 18.0 Å². The minimum absolute atomic E-state index is 0.0518. The molecule has 3 rings (SSSR count). The number of carbonyl (C=O) groups is 1. The normalized spacial score (nSPS) is 23.7. The first-order chi connectivity index (χ1) is 10.9. The average Bonchev–Trinajstić information content (AvgIpc) is 2.98. The van der Waals surface area contributed by atoms with Crippen LogP contribution in [0, 0.1) is 0 Å². The third-order valence-electron chi connectivity index (χ3n) is 3.86. The van der Waals surface area contributed by atoms with E-state index in [-0.39, 0.29) is 23.9 Å². The van der Waals surface area contributed by atoms with Crippen LogP contribution in [0.4, 0.5) is 23.7 Å². The molecule has 0 aliphatic carbocycles. The lowest BCUT2D eigenvalue weighted by Crippen LogP contribution is -2.33. The van der Waals surface area contributed by atoms with E-state index in [2.05, 4.69) is 14.8 Å². The van der Waals surface area contributed by atoms with Gasteiger partial charge >= 0.3 is 12.4 Å². The number of benzene rings is 1. The zero-order valence-electron chi connectivity index (χ0n) is 11.8. The van der Waals surface area contributed by atoms with Gasteiger partial charge in [-0.05, 0) is 36.2 Å². The van der Waals surface area contributed by atoms with Crippen molar-refractivity contribution in [3.63, 3.8) is 0 Å². The van der Waals surface area contributed by atoms with Crippen LogP contribution in [0.15, 0.2) is 29.4 Å². The number of rotatable bonds is 3. The molecule has 0 spiro atoms. The minimum atomic E-state index is -4.75. The maximum Gasteiger partial charge on any atom is 0.573 e. The maximum absolute atomic E-state index is 12.4. The van der Waals surface area contributed by atoms with Crippen LogP contribution in [0.5, 0.6) is 5.75 Å². The van der Waals surface area contributed by atoms with Gasteiger partial charge in [-0.1, -0.05) is 5.11 Å². The molecule has 2 atom stereocenters. The summed E-state index contributed by atoms with van der Waals surface area (Å²) in [6, 6.07) is 4.64. The largest absolute Gasteiger partial charge is 0.573 e. The SMILES string of the molecule is [N-]=[N+]=NC1C[C@H]2CN(c3ccc(OC(F)(F)F)cc3)C(=O)N2C1. The highest BCUT2D eigenvalue weighted by molar-refractivity contribution is 5.95. The predicted octanol–water partition coefficient (Wildman–Crippen LogP) is 3.28. The molecule has 0 aromatic heterocycles. The Bertz CT molecular complexity index is 657. The highest BCUT2D eigenvalue weighted by atomic mass is 19.4. The van der Waals surface area contributed by atoms with E-state index in [1.165, 1.54) is 29.2 Å². The molecule has 1 unspecified atom stereocenters. The van der Waals surface area contributed by atoms with Gasteiger partial charge in [-0.3, -0.25) is 4.90 Å². The third-order valence-corrected chi connectivity index (χ3v) is 3.86. The fourth-order valence-electron chi connectivity index (χ4n) is 2.94. The number of hydrogen-bond acceptors (Lipinski definition) is 3. The van der Waals surface area contributed by atoms with Crippen LogP contribution in [0.25, 0.3) is 10.4 Å². The molecule has 0 bridgehead atoms. The third kappa shape index (κ3) is 3.11. The molecule has 122 valence electrons. The quantitative estimate of drug-likeness (QED) is 0.485. The first kappa shape index (κ1) is 15.3. The van der Waals surface area contributed by atoms with E-state index >= 15 is 0 Å². The molecule has 10 heteroatoms. The highest BCUT2D eigenvalue weighted by Crippen LogP contribution is 2.33. The first-order valence-electron chi connectivity index (χ1n) is 6.85. The summed E-state index contributed by atoms with van der Waals surface area (Å²) in [5.74, 6) is -0.336. The number of urea groups is 1. The summed E-state index contributed by atoms with van der Waals surface area (Å²) in [5.41, 5.74) is 8.94. The topological polar surface area (TPSA) is 81.5 Å². The van der Waals surface area contributed by atoms with E-state index in [4.69, 9.17) is 5.53 Å². The Labute approximate surface area is 128 Å². The van der Waals surface area contributed by atoms with Gasteiger partial charge in [0.15, 0.2) is 0 Å². The van der Waals surface area contributed by atoms with E-state index in [0.29, 0.717) is 25.2 Å². The van der Waals surface area contributed by atoms with Crippen molar-refractivity contribution >= 4 is 11.7 Å². The number of halogens is 3. The molecule has 0 saturated carbocycles. The van der Waals surface area contributed by atoms with Crippen molar-refractivity contribution in [1.82, 2.24) is 4.90 Å². The van der Waals surface area contributed by atoms with Gasteiger partial charge in [0.25, 0.3) is 0 Å². The number of alkyl halides is 3. The van der Waals surface area contributed by atoms with Gasteiger partial charge in [-0.25, -0.2) is 4.79 Å². The summed E-state index contributed by atoms with van der Waals surface area (Å²) in [6.45, 7) is 0.773. The maximum atomic E-state index is 12.4. The van der Waals surface area contributed by atoms with Crippen LogP contribution in [-0.4, -0.2) is 42.5 Å². The monoisotopic (exact) mass is 327 g/mol. The van der Waals surface area contributed by atoms with Crippen LogP contribution < -0.4 is 9.64 Å². The van der Waals surface area contributed by atoms with Crippen LogP contribution in [0.1, 0.15) is 6.42 Å². The highest BCUT2D eigenvalue weighted by Gasteiger charge is 2.44. The summed E-state index contributed by atoms with van der Waals surface area (Å²) in [6.07, 6.45) is -4.16. The van der Waals surface area contributed by atoms with Crippen molar-refractivity contribution in [3.8, 4) is 5.75 Å². The van der Waals surface area contributed by atoms with E-state index in [1.807, 2.05) is 0 Å². The summed E-state index contributed by atoms with van der Waals surface area (Å²) in [5, 5.41) is 3.63. The van der Waals surface area contributed by atoms with Crippen LogP contribution >= 0.6 is 0 Å². The number of fused-ring (bicyclic) bond motifs is 1. The summed E-state index contributed by atoms with van der Waals surface area (Å²) in [7, 11) is 0. The molecule has 2 aliphatic heterocycles. The standard InChI is InChI=1S/C13H12F3N5O2/c14-13(15,16)23-11-3-1-9(2-4-11)21-7-10-5-8(18-19-17)6-20(10)12(21)22/h1-4,8,10H,5-7H2/t8?,10-/m0/s1. The molecule has 7 nitrogen and oxygen atoms in total. The smallest absolute Gasteiger partial charge is 0.406 e. The summed E-state index contributed by atoms with van der Waals surface area (Å²) in [4.78, 5) is 18.2. The van der Waals surface area contributed by atoms with Gasteiger partial charge < -0.3 is 9.64 Å². The van der Waals surface area contributed by atoms with Gasteiger partial charge in [0.1, 0.15) is 5.75 Å². The Morgan fingerprint density at radius 2 is 1.96 bits per heavy atom. The number of anilines is 1. The average molecular weight is 327 g/mol. The van der Waals surface area contributed by atoms with E-state index < -0.39 is 6.36 Å². The number of hydrogen-bond donors (Lipinski definition) is 0. The zero-order valence-corrected chi connectivity index (χ0v) is 11.8. The van der Waals surface area contributed by atoms with E-state index in [0.717, 1.165) is 0 Å². The van der Waals surface area contributed by atoms with Gasteiger partial charge in [0.05, 0.1) is 12.1 Å². The van der Waals surface area contributed by atoms with Crippen molar-refractivity contribution in [2.75, 3.05) is 18.0 Å². The van der Waals surface area contributed by atoms with E-state index in [1.54, 1.807) is 4.90 Å². The summed E-state index contributed by atoms with van der Waals surface area (Å²) >= 11 is 0. The molecular formula is C13H12F3N5O2. The zero-order chi connectivity index (χ0) is 16.6. The lowest BCUT2D eigenvalue weighted by molar-refractivity contribution is -0.274. The molecule has 2 amide bonds. The fourth-order valence-corrected chi connectivity index (χ4v) is 2.94. The molecule has 23 heavy (non-hydrogen) atoms. The second kappa shape index (κ2) is 5.54. The molecule has 1 aromatic carbocycles. The lowest BCUT2D eigenvalue weighted by atomic mass is 10.2. The second-order valence-corrected chi connectivity index (χ2v) is 5.34. The van der Waals surface area contributed by atoms with Crippen molar-refractivity contribution in [2.24, 2.45) is 5.11 Å². The molecule has 2 saturated heterocycles. The number of nitrogens with zero attached hydrogens (tertiary/aromatic N) is 5. The molecule has 2 aliphatic rings. The Morgan fingerprint density at radius 3 is 2.52 bits per heavy atom. The Hall–Kier alpha value is -2.61. The van der Waals surface area contributed by atoms with Gasteiger partial charge in [-0.2, -0.15) is 0 Å². The predicted molar refractivity (Wildman–Crippen MR) is 73.9 cm³/mol. The molecule has 1 aromatic rings. The number of carbonyl (C=O) groups excluding carboxylic acids is 1. The number of azide groups is 1. The molecule has 0 N–H and O–H groups in total. The number of amides is 2. The van der Waals surface area contributed by atoms with Gasteiger partial charge in [-0.15, -0.1) is 13.2 Å². The van der Waals surface area contributed by atoms with Crippen LogP contribution in [0.2, 0.25) is 0 Å². The minimum Gasteiger partial charge on any atom is -0.406 e. The lowest BCUT2D eigenvalue weighted by Gasteiger charge is -2.18. The van der Waals surface area contributed by atoms with Crippen molar-refractivity contribution in [3.05, 3.63) is 34.7 Å². The van der Waals surface area contributed by atoms with Crippen molar-refractivity contribution in [1.29, 1.82) is 0 Å². The van der Waals surface area contributed by atoms with Gasteiger partial charge in [0.2, 0.25) is 0 Å². The fraction of sp³-hybridized carbons (Fsp3) is 0.462.